The molecule has 1 fully saturated rings. The maximum absolute atomic E-state index is 15.8. The molecule has 5 aromatic rings. The van der Waals surface area contributed by atoms with Gasteiger partial charge in [-0.2, -0.15) is 0 Å². The number of rotatable bonds is 8. The normalized spacial score (nSPS) is 13.9. The number of nitrogens with one attached hydrogen (secondary N) is 1. The molecule has 0 unspecified atom stereocenters. The van der Waals surface area contributed by atoms with Crippen LogP contribution < -0.4 is 10.1 Å². The number of para-hydroxylation sites is 2. The van der Waals surface area contributed by atoms with Crippen molar-refractivity contribution >= 4 is 34.2 Å². The van der Waals surface area contributed by atoms with Gasteiger partial charge in [0.2, 0.25) is 5.91 Å². The number of hydrogen-bond donors (Lipinski definition) is 1. The second-order valence-electron chi connectivity index (χ2n) is 11.5. The maximum Gasteiger partial charge on any atom is 0.226 e. The predicted octanol–water partition coefficient (Wildman–Crippen LogP) is 9.84. The molecule has 1 amide bonds. The number of halogens is 2. The van der Waals surface area contributed by atoms with Crippen LogP contribution >= 0.6 is 11.6 Å². The van der Waals surface area contributed by atoms with Gasteiger partial charge in [-0.3, -0.25) is 4.79 Å². The van der Waals surface area contributed by atoms with Crippen molar-refractivity contribution in [2.45, 2.75) is 58.6 Å². The minimum absolute atomic E-state index is 0.0666. The minimum Gasteiger partial charge on any atom is -0.489 e. The van der Waals surface area contributed by atoms with Crippen molar-refractivity contribution in [3.05, 3.63) is 101 Å². The van der Waals surface area contributed by atoms with Crippen LogP contribution in [0.15, 0.2) is 84.9 Å². The molecule has 6 rings (SSSR count). The Morgan fingerprint density at radius 1 is 0.977 bits per heavy atom. The second kappa shape index (κ2) is 12.6. The average molecular weight is 596 g/mol. The van der Waals surface area contributed by atoms with E-state index in [-0.39, 0.29) is 24.2 Å². The molecule has 5 nitrogen and oxygen atoms in total. The highest BCUT2D eigenvalue weighted by atomic mass is 35.5. The number of carbonyl (C=O) groups excluding carboxylic acids is 1. The Balaban J connectivity index is 1.29. The molecule has 0 bridgehead atoms. The molecule has 7 heteroatoms. The van der Waals surface area contributed by atoms with Crippen LogP contribution in [-0.4, -0.2) is 15.5 Å². The zero-order valence-electron chi connectivity index (χ0n) is 24.4. The molecular formula is C36H35ClFN3O2. The number of hydrogen-bond acceptors (Lipinski definition) is 3. The average Bonchev–Trinajstić information content (AvgIpc) is 3.40. The van der Waals surface area contributed by atoms with Gasteiger partial charge in [0.15, 0.2) is 0 Å². The van der Waals surface area contributed by atoms with E-state index in [1.165, 1.54) is 25.3 Å². The minimum atomic E-state index is -0.374. The Morgan fingerprint density at radius 3 is 2.47 bits per heavy atom. The van der Waals surface area contributed by atoms with Gasteiger partial charge in [-0.1, -0.05) is 75.0 Å². The lowest BCUT2D eigenvalue weighted by Gasteiger charge is -2.25. The smallest absolute Gasteiger partial charge is 0.226 e. The van der Waals surface area contributed by atoms with E-state index in [4.69, 9.17) is 21.3 Å². The number of benzene rings is 4. The Labute approximate surface area is 256 Å². The van der Waals surface area contributed by atoms with Gasteiger partial charge in [0, 0.05) is 28.7 Å². The SMILES string of the molecule is CC(C)C(=O)Nc1ccc(-c2ccc(Cl)cc2)c(COc2ccc(-c3nc4ccccc4n3C3CCCCC3)c(F)c2)c1. The third-order valence-corrected chi connectivity index (χ3v) is 8.42. The number of anilines is 1. The van der Waals surface area contributed by atoms with Crippen LogP contribution in [0.2, 0.25) is 5.02 Å². The fourth-order valence-corrected chi connectivity index (χ4v) is 5.99. The van der Waals surface area contributed by atoms with Gasteiger partial charge in [0.25, 0.3) is 0 Å². The van der Waals surface area contributed by atoms with Crippen LogP contribution in [-0.2, 0) is 11.4 Å². The van der Waals surface area contributed by atoms with Crippen LogP contribution in [0.5, 0.6) is 5.75 Å². The number of amides is 1. The van der Waals surface area contributed by atoms with Crippen molar-refractivity contribution in [1.82, 2.24) is 9.55 Å². The van der Waals surface area contributed by atoms with Gasteiger partial charge >= 0.3 is 0 Å². The van der Waals surface area contributed by atoms with Crippen molar-refractivity contribution in [3.8, 4) is 28.3 Å². The molecule has 1 saturated carbocycles. The van der Waals surface area contributed by atoms with Crippen molar-refractivity contribution in [1.29, 1.82) is 0 Å². The third kappa shape index (κ3) is 6.30. The highest BCUT2D eigenvalue weighted by Gasteiger charge is 2.24. The zero-order chi connectivity index (χ0) is 29.9. The number of fused-ring (bicyclic) bond motifs is 1. The monoisotopic (exact) mass is 595 g/mol. The number of ether oxygens (including phenoxy) is 1. The molecule has 220 valence electrons. The second-order valence-corrected chi connectivity index (χ2v) is 12.0. The van der Waals surface area contributed by atoms with Gasteiger partial charge in [-0.05, 0) is 78.1 Å². The third-order valence-electron chi connectivity index (χ3n) is 8.16. The zero-order valence-corrected chi connectivity index (χ0v) is 25.2. The van der Waals surface area contributed by atoms with Crippen molar-refractivity contribution in [2.75, 3.05) is 5.32 Å². The van der Waals surface area contributed by atoms with Gasteiger partial charge in [0.1, 0.15) is 24.0 Å². The van der Waals surface area contributed by atoms with Gasteiger partial charge in [-0.15, -0.1) is 0 Å². The van der Waals surface area contributed by atoms with Crippen LogP contribution in [0, 0.1) is 11.7 Å². The van der Waals surface area contributed by atoms with Crippen LogP contribution in [0.4, 0.5) is 10.1 Å². The number of imidazole rings is 1. The lowest BCUT2D eigenvalue weighted by Crippen LogP contribution is -2.17. The molecule has 1 aliphatic carbocycles. The van der Waals surface area contributed by atoms with E-state index in [0.29, 0.717) is 33.9 Å². The quantitative estimate of drug-likeness (QED) is 0.194. The van der Waals surface area contributed by atoms with Crippen molar-refractivity contribution in [2.24, 2.45) is 5.92 Å². The summed E-state index contributed by atoms with van der Waals surface area (Å²) >= 11 is 6.13. The van der Waals surface area contributed by atoms with E-state index < -0.39 is 0 Å². The summed E-state index contributed by atoms with van der Waals surface area (Å²) in [5, 5.41) is 3.61. The Kier molecular flexibility index (Phi) is 8.48. The Hall–Kier alpha value is -4.16. The molecule has 1 aliphatic rings. The molecule has 0 radical (unpaired) electrons. The molecular weight excluding hydrogens is 561 g/mol. The lowest BCUT2D eigenvalue weighted by atomic mass is 9.95. The summed E-state index contributed by atoms with van der Waals surface area (Å²) in [5.41, 5.74) is 5.83. The van der Waals surface area contributed by atoms with Crippen molar-refractivity contribution in [3.63, 3.8) is 0 Å². The topological polar surface area (TPSA) is 56.1 Å². The standard InChI is InChI=1S/C36H35ClFN3O2/c1-23(2)36(42)39-27-16-18-30(24-12-14-26(37)15-13-24)25(20-27)22-43-29-17-19-31(32(38)21-29)35-40-33-10-6-7-11-34(33)41(35)28-8-4-3-5-9-28/h6-7,10-21,23,28H,3-5,8-9,22H2,1-2H3,(H,39,42). The van der Waals surface area contributed by atoms with Crippen LogP contribution in [0.3, 0.4) is 0 Å². The first-order valence-electron chi connectivity index (χ1n) is 15.0. The fourth-order valence-electron chi connectivity index (χ4n) is 5.86. The Bertz CT molecular complexity index is 1760. The van der Waals surface area contributed by atoms with Gasteiger partial charge in [-0.25, -0.2) is 9.37 Å². The van der Waals surface area contributed by atoms with Gasteiger partial charge in [0.05, 0.1) is 16.6 Å². The molecule has 1 heterocycles. The van der Waals surface area contributed by atoms with Crippen LogP contribution in [0.1, 0.15) is 57.6 Å². The van der Waals surface area contributed by atoms with E-state index >= 15 is 4.39 Å². The largest absolute Gasteiger partial charge is 0.489 e. The number of nitrogens with zero attached hydrogens (tertiary/aromatic N) is 2. The summed E-state index contributed by atoms with van der Waals surface area (Å²) in [5.74, 6) is 0.489. The highest BCUT2D eigenvalue weighted by molar-refractivity contribution is 6.30. The van der Waals surface area contributed by atoms with Crippen molar-refractivity contribution < 1.29 is 13.9 Å². The molecule has 0 saturated heterocycles. The maximum atomic E-state index is 15.8. The van der Waals surface area contributed by atoms with Gasteiger partial charge < -0.3 is 14.6 Å². The summed E-state index contributed by atoms with van der Waals surface area (Å²) < 4.78 is 24.2. The Morgan fingerprint density at radius 2 is 1.72 bits per heavy atom. The molecule has 0 aliphatic heterocycles. The highest BCUT2D eigenvalue weighted by Crippen LogP contribution is 2.37. The first-order chi connectivity index (χ1) is 20.9. The van der Waals surface area contributed by atoms with E-state index in [1.807, 2.05) is 74.5 Å². The summed E-state index contributed by atoms with van der Waals surface area (Å²) in [6.07, 6.45) is 5.73. The lowest BCUT2D eigenvalue weighted by molar-refractivity contribution is -0.118. The first kappa shape index (κ1) is 28.9. The number of carbonyl (C=O) groups is 1. The number of aromatic nitrogens is 2. The summed E-state index contributed by atoms with van der Waals surface area (Å²) in [6.45, 7) is 3.89. The summed E-state index contributed by atoms with van der Waals surface area (Å²) in [6, 6.07) is 26.7. The van der Waals surface area contributed by atoms with Crippen LogP contribution in [0.25, 0.3) is 33.5 Å². The van der Waals surface area contributed by atoms with E-state index in [2.05, 4.69) is 16.0 Å². The molecule has 0 atom stereocenters. The summed E-state index contributed by atoms with van der Waals surface area (Å²) in [4.78, 5) is 17.2. The summed E-state index contributed by atoms with van der Waals surface area (Å²) in [7, 11) is 0. The molecule has 1 aromatic heterocycles. The first-order valence-corrected chi connectivity index (χ1v) is 15.3. The fraction of sp³-hybridized carbons (Fsp3) is 0.278. The van der Waals surface area contributed by atoms with E-state index in [9.17, 15) is 4.79 Å². The van der Waals surface area contributed by atoms with E-state index in [0.717, 1.165) is 40.6 Å². The predicted molar refractivity (Wildman–Crippen MR) is 172 cm³/mol. The molecule has 4 aromatic carbocycles. The molecule has 43 heavy (non-hydrogen) atoms. The van der Waals surface area contributed by atoms with E-state index in [1.54, 1.807) is 12.1 Å². The molecule has 1 N–H and O–H groups in total. The molecule has 0 spiro atoms.